The van der Waals surface area contributed by atoms with Crippen LogP contribution in [0.3, 0.4) is 0 Å². The molecule has 0 radical (unpaired) electrons. The topological polar surface area (TPSA) is 12.0 Å². The fourth-order valence-corrected chi connectivity index (χ4v) is 3.06. The summed E-state index contributed by atoms with van der Waals surface area (Å²) in [7, 11) is 0. The SMILES string of the molecule is CC(C)C1CCC(NCc2ccc(C(F)(F)F)cc2)CC1. The zero-order valence-corrected chi connectivity index (χ0v) is 12.7. The van der Waals surface area contributed by atoms with Gasteiger partial charge in [-0.3, -0.25) is 0 Å². The Labute approximate surface area is 124 Å². The standard InChI is InChI=1S/C17H24F3N/c1-12(2)14-5-9-16(10-6-14)21-11-13-3-7-15(8-4-13)17(18,19)20/h3-4,7-8,12,14,16,21H,5-6,9-11H2,1-2H3. The first-order valence-corrected chi connectivity index (χ1v) is 7.76. The van der Waals surface area contributed by atoms with Crippen molar-refractivity contribution in [1.29, 1.82) is 0 Å². The van der Waals surface area contributed by atoms with Crippen LogP contribution in [0, 0.1) is 11.8 Å². The summed E-state index contributed by atoms with van der Waals surface area (Å²) >= 11 is 0. The van der Waals surface area contributed by atoms with Crippen LogP contribution in [0.25, 0.3) is 0 Å². The lowest BCUT2D eigenvalue weighted by molar-refractivity contribution is -0.137. The van der Waals surface area contributed by atoms with Gasteiger partial charge in [0.25, 0.3) is 0 Å². The highest BCUT2D eigenvalue weighted by atomic mass is 19.4. The largest absolute Gasteiger partial charge is 0.416 e. The minimum atomic E-state index is -4.25. The van der Waals surface area contributed by atoms with Gasteiger partial charge in [0.05, 0.1) is 5.56 Å². The van der Waals surface area contributed by atoms with E-state index in [0.29, 0.717) is 12.6 Å². The van der Waals surface area contributed by atoms with Crippen molar-refractivity contribution in [2.24, 2.45) is 11.8 Å². The van der Waals surface area contributed by atoms with E-state index < -0.39 is 11.7 Å². The molecule has 0 amide bonds. The van der Waals surface area contributed by atoms with Crippen LogP contribution >= 0.6 is 0 Å². The Balaban J connectivity index is 1.79. The van der Waals surface area contributed by atoms with E-state index in [1.165, 1.54) is 25.7 Å². The van der Waals surface area contributed by atoms with Gasteiger partial charge in [-0.15, -0.1) is 0 Å². The maximum atomic E-state index is 12.5. The summed E-state index contributed by atoms with van der Waals surface area (Å²) < 4.78 is 37.4. The van der Waals surface area contributed by atoms with Crippen LogP contribution in [-0.2, 0) is 12.7 Å². The predicted molar refractivity (Wildman–Crippen MR) is 78.9 cm³/mol. The molecule has 21 heavy (non-hydrogen) atoms. The molecule has 1 aromatic carbocycles. The summed E-state index contributed by atoms with van der Waals surface area (Å²) in [5.41, 5.74) is 0.331. The van der Waals surface area contributed by atoms with Gasteiger partial charge in [-0.25, -0.2) is 0 Å². The van der Waals surface area contributed by atoms with Crippen LogP contribution in [0.4, 0.5) is 13.2 Å². The first kappa shape index (κ1) is 16.3. The van der Waals surface area contributed by atoms with Gasteiger partial charge in [0.1, 0.15) is 0 Å². The lowest BCUT2D eigenvalue weighted by atomic mass is 9.80. The van der Waals surface area contributed by atoms with Crippen LogP contribution in [0.5, 0.6) is 0 Å². The maximum Gasteiger partial charge on any atom is 0.416 e. The lowest BCUT2D eigenvalue weighted by Crippen LogP contribution is -2.33. The number of halogens is 3. The second-order valence-electron chi connectivity index (χ2n) is 6.43. The number of nitrogens with one attached hydrogen (secondary N) is 1. The predicted octanol–water partition coefficient (Wildman–Crippen LogP) is 5.01. The Kier molecular flexibility index (Phi) is 5.31. The third-order valence-corrected chi connectivity index (χ3v) is 4.59. The lowest BCUT2D eigenvalue weighted by Gasteiger charge is -2.31. The minimum Gasteiger partial charge on any atom is -0.310 e. The highest BCUT2D eigenvalue weighted by Crippen LogP contribution is 2.31. The molecule has 0 unspecified atom stereocenters. The monoisotopic (exact) mass is 299 g/mol. The van der Waals surface area contributed by atoms with Gasteiger partial charge >= 0.3 is 6.18 Å². The number of hydrogen-bond acceptors (Lipinski definition) is 1. The van der Waals surface area contributed by atoms with E-state index in [4.69, 9.17) is 0 Å². The molecule has 1 N–H and O–H groups in total. The average Bonchev–Trinajstić information content (AvgIpc) is 2.45. The van der Waals surface area contributed by atoms with Gasteiger partial charge in [0.2, 0.25) is 0 Å². The van der Waals surface area contributed by atoms with E-state index in [9.17, 15) is 13.2 Å². The normalized spacial score (nSPS) is 23.5. The Morgan fingerprint density at radius 2 is 1.62 bits per heavy atom. The molecule has 0 heterocycles. The smallest absolute Gasteiger partial charge is 0.310 e. The Morgan fingerprint density at radius 1 is 1.05 bits per heavy atom. The zero-order chi connectivity index (χ0) is 15.5. The molecule has 1 nitrogen and oxygen atoms in total. The third-order valence-electron chi connectivity index (χ3n) is 4.59. The molecule has 0 spiro atoms. The molecule has 0 aliphatic heterocycles. The quantitative estimate of drug-likeness (QED) is 0.824. The van der Waals surface area contributed by atoms with Crippen molar-refractivity contribution in [1.82, 2.24) is 5.32 Å². The molecule has 0 atom stereocenters. The van der Waals surface area contributed by atoms with Crippen LogP contribution in [-0.4, -0.2) is 6.04 Å². The van der Waals surface area contributed by atoms with Crippen LogP contribution in [0.15, 0.2) is 24.3 Å². The molecular weight excluding hydrogens is 275 g/mol. The summed E-state index contributed by atoms with van der Waals surface area (Å²) in [5.74, 6) is 1.58. The van der Waals surface area contributed by atoms with Gasteiger partial charge in [-0.2, -0.15) is 13.2 Å². The van der Waals surface area contributed by atoms with Crippen molar-refractivity contribution < 1.29 is 13.2 Å². The second kappa shape index (κ2) is 6.82. The number of alkyl halides is 3. The van der Waals surface area contributed by atoms with Crippen molar-refractivity contribution >= 4 is 0 Å². The second-order valence-corrected chi connectivity index (χ2v) is 6.43. The molecule has 4 heteroatoms. The minimum absolute atomic E-state index is 0.502. The highest BCUT2D eigenvalue weighted by Gasteiger charge is 2.30. The van der Waals surface area contributed by atoms with Crippen molar-refractivity contribution in [2.75, 3.05) is 0 Å². The van der Waals surface area contributed by atoms with Gasteiger partial charge in [0.15, 0.2) is 0 Å². The van der Waals surface area contributed by atoms with E-state index in [-0.39, 0.29) is 0 Å². The molecule has 1 aromatic rings. The highest BCUT2D eigenvalue weighted by molar-refractivity contribution is 5.24. The number of benzene rings is 1. The molecule has 0 aromatic heterocycles. The van der Waals surface area contributed by atoms with E-state index in [1.54, 1.807) is 12.1 Å². The van der Waals surface area contributed by atoms with Crippen LogP contribution in [0.2, 0.25) is 0 Å². The molecule has 1 fully saturated rings. The fourth-order valence-electron chi connectivity index (χ4n) is 3.06. The zero-order valence-electron chi connectivity index (χ0n) is 12.7. The first-order chi connectivity index (χ1) is 9.86. The van der Waals surface area contributed by atoms with Gasteiger partial charge in [-0.1, -0.05) is 26.0 Å². The van der Waals surface area contributed by atoms with Crippen molar-refractivity contribution in [2.45, 2.75) is 58.3 Å². The molecular formula is C17H24F3N. The Morgan fingerprint density at radius 3 is 2.10 bits per heavy atom. The van der Waals surface area contributed by atoms with Gasteiger partial charge in [0, 0.05) is 12.6 Å². The maximum absolute atomic E-state index is 12.5. The molecule has 1 aliphatic carbocycles. The Bertz CT molecular complexity index is 428. The van der Waals surface area contributed by atoms with E-state index >= 15 is 0 Å². The van der Waals surface area contributed by atoms with Crippen LogP contribution in [0.1, 0.15) is 50.7 Å². The van der Waals surface area contributed by atoms with Crippen molar-refractivity contribution in [3.05, 3.63) is 35.4 Å². The van der Waals surface area contributed by atoms with E-state index in [0.717, 1.165) is 29.5 Å². The summed E-state index contributed by atoms with van der Waals surface area (Å²) in [6, 6.07) is 5.95. The summed E-state index contributed by atoms with van der Waals surface area (Å²) in [5, 5.41) is 3.47. The molecule has 0 saturated heterocycles. The summed E-state index contributed by atoms with van der Waals surface area (Å²) in [4.78, 5) is 0. The molecule has 0 bridgehead atoms. The van der Waals surface area contributed by atoms with Crippen molar-refractivity contribution in [3.8, 4) is 0 Å². The van der Waals surface area contributed by atoms with Gasteiger partial charge in [-0.05, 0) is 55.2 Å². The molecule has 1 saturated carbocycles. The van der Waals surface area contributed by atoms with E-state index in [1.807, 2.05) is 0 Å². The Hall–Kier alpha value is -1.03. The van der Waals surface area contributed by atoms with Gasteiger partial charge < -0.3 is 5.32 Å². The average molecular weight is 299 g/mol. The summed E-state index contributed by atoms with van der Waals surface area (Å²) in [6.45, 7) is 5.20. The first-order valence-electron chi connectivity index (χ1n) is 7.76. The van der Waals surface area contributed by atoms with E-state index in [2.05, 4.69) is 19.2 Å². The van der Waals surface area contributed by atoms with Crippen molar-refractivity contribution in [3.63, 3.8) is 0 Å². The fraction of sp³-hybridized carbons (Fsp3) is 0.647. The third kappa shape index (κ3) is 4.73. The number of hydrogen-bond donors (Lipinski definition) is 1. The molecule has 2 rings (SSSR count). The molecule has 1 aliphatic rings. The number of rotatable bonds is 4. The molecule has 118 valence electrons. The summed E-state index contributed by atoms with van der Waals surface area (Å²) in [6.07, 6.45) is 0.596. The van der Waals surface area contributed by atoms with Crippen LogP contribution < -0.4 is 5.32 Å².